The van der Waals surface area contributed by atoms with Crippen molar-refractivity contribution in [3.05, 3.63) is 24.3 Å². The number of hydrogen-bond acceptors (Lipinski definition) is 6. The highest BCUT2D eigenvalue weighted by molar-refractivity contribution is 7.93. The molecule has 2 aliphatic heterocycles. The fourth-order valence-corrected chi connectivity index (χ4v) is 9.04. The first kappa shape index (κ1) is 33.1. The maximum Gasteiger partial charge on any atom is 0.231 e. The summed E-state index contributed by atoms with van der Waals surface area (Å²) in [7, 11) is -8.41. The van der Waals surface area contributed by atoms with Crippen molar-refractivity contribution in [1.82, 2.24) is 0 Å². The molecule has 9 heteroatoms. The highest BCUT2D eigenvalue weighted by Crippen LogP contribution is 2.50. The topological polar surface area (TPSA) is 71.1 Å². The van der Waals surface area contributed by atoms with Crippen LogP contribution in [0.4, 0.5) is 0 Å². The van der Waals surface area contributed by atoms with Crippen molar-refractivity contribution < 1.29 is 27.4 Å². The van der Waals surface area contributed by atoms with Gasteiger partial charge in [-0.3, -0.25) is 0 Å². The fourth-order valence-electron chi connectivity index (χ4n) is 3.75. The molecule has 2 heterocycles. The Morgan fingerprint density at radius 3 is 1.15 bits per heavy atom. The second kappa shape index (κ2) is 16.3. The van der Waals surface area contributed by atoms with Gasteiger partial charge in [0, 0.05) is 10.6 Å². The van der Waals surface area contributed by atoms with Crippen molar-refractivity contribution in [2.75, 3.05) is 13.6 Å². The molecule has 2 aliphatic rings. The van der Waals surface area contributed by atoms with E-state index in [4.69, 9.17) is 44.6 Å². The number of rotatable bonds is 4. The molecule has 0 N–H and O–H groups in total. The first-order chi connectivity index (χ1) is 23.0. The van der Waals surface area contributed by atoms with E-state index in [1.165, 1.54) is 12.1 Å². The maximum atomic E-state index is 15.0. The Morgan fingerprint density at radius 2 is 0.830 bits per heavy atom. The van der Waals surface area contributed by atoms with E-state index in [2.05, 4.69) is 117 Å². The molecule has 0 aliphatic carbocycles. The Balaban J connectivity index is 2.08. The summed E-state index contributed by atoms with van der Waals surface area (Å²) in [5.41, 5.74) is 11.6. The molecule has 0 unspecified atom stereocenters. The maximum absolute atomic E-state index is 15.0. The van der Waals surface area contributed by atoms with Gasteiger partial charge in [-0.25, -0.2) is 8.42 Å². The molecule has 0 bridgehead atoms. The molecule has 0 atom stereocenters. The third-order valence-electron chi connectivity index (χ3n) is 5.42. The van der Waals surface area contributed by atoms with Gasteiger partial charge in [0.25, 0.3) is 0 Å². The van der Waals surface area contributed by atoms with E-state index >= 15 is 8.42 Å². The van der Waals surface area contributed by atoms with Crippen LogP contribution in [0.15, 0.2) is 34.1 Å². The average Bonchev–Trinajstić information content (AvgIpc) is 3.76. The molecular formula is C38H12O6P2S. The standard InChI is InChI=1S/C38H12O6P2S/c1-5-9-13-17-25-45(26-18-14-10-6-2)33-23-21-31-35(43-29-41-31)37(33)47(39,40)38-34(24-22-32-36(38)44-30-42-32)46(27-19-15-11-7-3)28-20-16-12-8-4/h1-4,21-24H,29-30H2. The molecular weight excluding hydrogens is 646 g/mol. The Labute approximate surface area is 276 Å². The van der Waals surface area contributed by atoms with E-state index in [0.717, 1.165) is 0 Å². The van der Waals surface area contributed by atoms with E-state index in [9.17, 15) is 0 Å². The number of terminal acetylenes is 4. The van der Waals surface area contributed by atoms with Gasteiger partial charge in [-0.15, -0.1) is 25.7 Å². The van der Waals surface area contributed by atoms with Crippen LogP contribution in [0.5, 0.6) is 23.0 Å². The summed E-state index contributed by atoms with van der Waals surface area (Å²) in [6, 6.07) is 6.19. The first-order valence-corrected chi connectivity index (χ1v) is 16.7. The second-order valence-corrected chi connectivity index (χ2v) is 13.0. The number of ether oxygens (including phenoxy) is 4. The molecule has 0 saturated carbocycles. The van der Waals surface area contributed by atoms with Gasteiger partial charge >= 0.3 is 0 Å². The summed E-state index contributed by atoms with van der Waals surface area (Å²) in [5.74, 6) is 39.1. The molecule has 0 aromatic heterocycles. The molecule has 0 saturated heterocycles. The Morgan fingerprint density at radius 1 is 0.489 bits per heavy atom. The molecule has 0 fully saturated rings. The lowest BCUT2D eigenvalue weighted by Gasteiger charge is -2.18. The lowest BCUT2D eigenvalue weighted by Crippen LogP contribution is -2.21. The summed E-state index contributed by atoms with van der Waals surface area (Å²) < 4.78 is 52.7. The minimum Gasteiger partial charge on any atom is -0.454 e. The average molecular weight is 659 g/mol. The van der Waals surface area contributed by atoms with Crippen LogP contribution in [0.3, 0.4) is 0 Å². The zero-order valence-electron chi connectivity index (χ0n) is 23.8. The van der Waals surface area contributed by atoms with Gasteiger partial charge in [0.15, 0.2) is 23.0 Å². The third-order valence-corrected chi connectivity index (χ3v) is 10.7. The van der Waals surface area contributed by atoms with Crippen molar-refractivity contribution in [3.8, 4) is 166 Å². The summed E-state index contributed by atoms with van der Waals surface area (Å²) in [6.45, 7) is -0.467. The van der Waals surface area contributed by atoms with Crippen LogP contribution in [0, 0.1) is 143 Å². The molecule has 2 aromatic rings. The Bertz CT molecular complexity index is 2230. The quantitative estimate of drug-likeness (QED) is 0.372. The minimum absolute atomic E-state index is 0.0493. The number of hydrogen-bond donors (Lipinski definition) is 0. The Kier molecular flexibility index (Phi) is 11.5. The monoisotopic (exact) mass is 658 g/mol. The lowest BCUT2D eigenvalue weighted by molar-refractivity contribution is 0.172. The second-order valence-electron chi connectivity index (χ2n) is 7.99. The molecule has 6 nitrogen and oxygen atoms in total. The van der Waals surface area contributed by atoms with Crippen molar-refractivity contribution in [2.45, 2.75) is 9.79 Å². The SMILES string of the molecule is C#CC#CC#CP(C#CC#CC#C)c1ccc2c(c1S(=O)(=O)c1c(P(C#CC#CC#C)C#CC#CC#C)ccc3c1OCO3)OCO2. The van der Waals surface area contributed by atoms with E-state index in [-0.39, 0.29) is 57.0 Å². The molecule has 47 heavy (non-hydrogen) atoms. The summed E-state index contributed by atoms with van der Waals surface area (Å²) in [4.78, 5) is -0.533. The Hall–Kier alpha value is -6.83. The van der Waals surface area contributed by atoms with Crippen molar-refractivity contribution in [3.63, 3.8) is 0 Å². The molecule has 216 valence electrons. The summed E-state index contributed by atoms with van der Waals surface area (Å²) in [6.07, 6.45) is 20.9. The molecule has 0 spiro atoms. The van der Waals surface area contributed by atoms with Crippen LogP contribution >= 0.6 is 15.8 Å². The normalized spacial score (nSPS) is 10.2. The number of benzene rings is 2. The van der Waals surface area contributed by atoms with Crippen molar-refractivity contribution in [1.29, 1.82) is 0 Å². The van der Waals surface area contributed by atoms with Crippen LogP contribution in [0.2, 0.25) is 0 Å². The van der Waals surface area contributed by atoms with Gasteiger partial charge in [0.05, 0.1) is 15.8 Å². The molecule has 0 amide bonds. The highest BCUT2D eigenvalue weighted by atomic mass is 32.2. The van der Waals surface area contributed by atoms with Crippen LogP contribution in [0.25, 0.3) is 0 Å². The van der Waals surface area contributed by atoms with Crippen LogP contribution < -0.4 is 29.6 Å². The van der Waals surface area contributed by atoms with E-state index in [0.29, 0.717) is 0 Å². The van der Waals surface area contributed by atoms with Gasteiger partial charge in [-0.1, -0.05) is 0 Å². The van der Waals surface area contributed by atoms with Gasteiger partial charge in [0.1, 0.15) is 9.79 Å². The van der Waals surface area contributed by atoms with Crippen molar-refractivity contribution in [2.24, 2.45) is 0 Å². The minimum atomic E-state index is -4.60. The largest absolute Gasteiger partial charge is 0.454 e. The zero-order valence-corrected chi connectivity index (χ0v) is 26.4. The van der Waals surface area contributed by atoms with Gasteiger partial charge in [-0.05, 0) is 142 Å². The molecule has 0 radical (unpaired) electrons. The number of sulfone groups is 1. The summed E-state index contributed by atoms with van der Waals surface area (Å²) >= 11 is 0. The van der Waals surface area contributed by atoms with Crippen LogP contribution in [0.1, 0.15) is 0 Å². The third kappa shape index (κ3) is 7.82. The molecule has 4 rings (SSSR count). The van der Waals surface area contributed by atoms with Gasteiger partial charge < -0.3 is 18.9 Å². The smallest absolute Gasteiger partial charge is 0.231 e. The van der Waals surface area contributed by atoms with E-state index in [1.807, 2.05) is 0 Å². The predicted octanol–water partition coefficient (Wildman–Crippen LogP) is 2.58. The van der Waals surface area contributed by atoms with Crippen LogP contribution in [-0.2, 0) is 9.84 Å². The van der Waals surface area contributed by atoms with E-state index in [1.54, 1.807) is 12.1 Å². The lowest BCUT2D eigenvalue weighted by atomic mass is 10.3. The van der Waals surface area contributed by atoms with E-state index < -0.39 is 25.7 Å². The zero-order chi connectivity index (χ0) is 33.5. The summed E-state index contributed by atoms with van der Waals surface area (Å²) in [5, 5.41) is 0.385. The van der Waals surface area contributed by atoms with Gasteiger partial charge in [-0.2, -0.15) is 0 Å². The van der Waals surface area contributed by atoms with Gasteiger partial charge in [0.2, 0.25) is 23.4 Å². The number of fused-ring (bicyclic) bond motifs is 2. The molecule has 2 aromatic carbocycles. The fraction of sp³-hybridized carbons (Fsp3) is 0.0526. The van der Waals surface area contributed by atoms with Crippen molar-refractivity contribution >= 4 is 36.3 Å². The highest BCUT2D eigenvalue weighted by Gasteiger charge is 2.40. The first-order valence-electron chi connectivity index (χ1n) is 12.5. The van der Waals surface area contributed by atoms with Crippen LogP contribution in [-0.4, -0.2) is 22.0 Å². The predicted molar refractivity (Wildman–Crippen MR) is 181 cm³/mol.